The number of hydrogen-bond acceptors (Lipinski definition) is 4. The van der Waals surface area contributed by atoms with Gasteiger partial charge in [0.1, 0.15) is 5.75 Å². The maximum absolute atomic E-state index is 9.22. The van der Waals surface area contributed by atoms with Gasteiger partial charge in [-0.3, -0.25) is 0 Å². The number of rotatable bonds is 5. The van der Waals surface area contributed by atoms with Crippen LogP contribution in [0.1, 0.15) is 13.8 Å². The monoisotopic (exact) mass is 224 g/mol. The lowest BCUT2D eigenvalue weighted by Gasteiger charge is -2.22. The van der Waals surface area contributed by atoms with Gasteiger partial charge in [-0.1, -0.05) is 13.8 Å². The van der Waals surface area contributed by atoms with E-state index in [1.807, 2.05) is 26.0 Å². The Morgan fingerprint density at radius 1 is 1.44 bits per heavy atom. The Bertz CT molecular complexity index is 340. The van der Waals surface area contributed by atoms with E-state index >= 15 is 0 Å². The molecule has 0 aromatic heterocycles. The van der Waals surface area contributed by atoms with E-state index in [0.717, 1.165) is 11.4 Å². The van der Waals surface area contributed by atoms with E-state index in [4.69, 9.17) is 10.5 Å². The van der Waals surface area contributed by atoms with Crippen molar-refractivity contribution in [1.82, 2.24) is 0 Å². The molecule has 4 N–H and O–H groups in total. The van der Waals surface area contributed by atoms with Gasteiger partial charge in [0.2, 0.25) is 0 Å². The van der Waals surface area contributed by atoms with Gasteiger partial charge in [-0.25, -0.2) is 0 Å². The molecule has 0 saturated heterocycles. The van der Waals surface area contributed by atoms with Crippen LogP contribution >= 0.6 is 0 Å². The van der Waals surface area contributed by atoms with Crippen molar-refractivity contribution in [2.24, 2.45) is 5.92 Å². The van der Waals surface area contributed by atoms with Crippen molar-refractivity contribution < 1.29 is 9.84 Å². The van der Waals surface area contributed by atoms with Crippen LogP contribution in [0.2, 0.25) is 0 Å². The molecule has 0 amide bonds. The third-order valence-corrected chi connectivity index (χ3v) is 2.60. The second-order valence-corrected chi connectivity index (χ2v) is 4.13. The van der Waals surface area contributed by atoms with Crippen molar-refractivity contribution in [2.75, 3.05) is 24.8 Å². The normalized spacial score (nSPS) is 12.6. The lowest BCUT2D eigenvalue weighted by Crippen LogP contribution is -2.29. The minimum Gasteiger partial charge on any atom is -0.497 e. The van der Waals surface area contributed by atoms with E-state index in [9.17, 15) is 5.11 Å². The zero-order valence-corrected chi connectivity index (χ0v) is 10.0. The molecule has 0 saturated carbocycles. The molecule has 0 heterocycles. The summed E-state index contributed by atoms with van der Waals surface area (Å²) in [5.41, 5.74) is 7.33. The van der Waals surface area contributed by atoms with Gasteiger partial charge in [-0.2, -0.15) is 0 Å². The van der Waals surface area contributed by atoms with Crippen molar-refractivity contribution in [1.29, 1.82) is 0 Å². The molecule has 0 radical (unpaired) electrons. The van der Waals surface area contributed by atoms with Crippen LogP contribution in [-0.4, -0.2) is 24.9 Å². The Hall–Kier alpha value is -1.42. The van der Waals surface area contributed by atoms with Crippen molar-refractivity contribution in [2.45, 2.75) is 19.9 Å². The SMILES string of the molecule is COc1ccc(N[C@H](CO)C(C)C)c(N)c1. The van der Waals surface area contributed by atoms with Crippen molar-refractivity contribution >= 4 is 11.4 Å². The first-order chi connectivity index (χ1) is 7.58. The van der Waals surface area contributed by atoms with Crippen molar-refractivity contribution in [3.63, 3.8) is 0 Å². The zero-order chi connectivity index (χ0) is 12.1. The highest BCUT2D eigenvalue weighted by molar-refractivity contribution is 5.68. The predicted molar refractivity (Wildman–Crippen MR) is 66.7 cm³/mol. The second kappa shape index (κ2) is 5.61. The molecular formula is C12H20N2O2. The maximum atomic E-state index is 9.22. The summed E-state index contributed by atoms with van der Waals surface area (Å²) in [7, 11) is 1.60. The fourth-order valence-electron chi connectivity index (χ4n) is 1.42. The highest BCUT2D eigenvalue weighted by Crippen LogP contribution is 2.25. The Morgan fingerprint density at radius 3 is 2.56 bits per heavy atom. The molecule has 1 aromatic carbocycles. The third kappa shape index (κ3) is 3.03. The minimum absolute atomic E-state index is 0.00990. The molecule has 1 rings (SSSR count). The summed E-state index contributed by atoms with van der Waals surface area (Å²) in [4.78, 5) is 0. The van der Waals surface area contributed by atoms with E-state index in [0.29, 0.717) is 11.6 Å². The van der Waals surface area contributed by atoms with Gasteiger partial charge in [-0.15, -0.1) is 0 Å². The smallest absolute Gasteiger partial charge is 0.121 e. The minimum atomic E-state index is 0.00990. The molecule has 0 bridgehead atoms. The standard InChI is InChI=1S/C12H20N2O2/c1-8(2)12(7-15)14-11-5-4-9(16-3)6-10(11)13/h4-6,8,12,14-15H,7,13H2,1-3H3/t12-/m1/s1. The molecule has 0 aliphatic carbocycles. The number of aliphatic hydroxyl groups excluding tert-OH is 1. The lowest BCUT2D eigenvalue weighted by atomic mass is 10.0. The summed E-state index contributed by atoms with van der Waals surface area (Å²) in [6.45, 7) is 4.18. The van der Waals surface area contributed by atoms with E-state index in [2.05, 4.69) is 5.32 Å². The maximum Gasteiger partial charge on any atom is 0.121 e. The topological polar surface area (TPSA) is 67.5 Å². The van der Waals surface area contributed by atoms with Crippen LogP contribution in [0.15, 0.2) is 18.2 Å². The van der Waals surface area contributed by atoms with Crippen LogP contribution in [0, 0.1) is 5.92 Å². The highest BCUT2D eigenvalue weighted by atomic mass is 16.5. The number of ether oxygens (including phenoxy) is 1. The van der Waals surface area contributed by atoms with Gasteiger partial charge in [0.25, 0.3) is 0 Å². The van der Waals surface area contributed by atoms with E-state index in [-0.39, 0.29) is 12.6 Å². The first kappa shape index (κ1) is 12.6. The Kier molecular flexibility index (Phi) is 4.43. The molecule has 4 nitrogen and oxygen atoms in total. The van der Waals surface area contributed by atoms with Gasteiger partial charge in [0.05, 0.1) is 31.1 Å². The highest BCUT2D eigenvalue weighted by Gasteiger charge is 2.13. The third-order valence-electron chi connectivity index (χ3n) is 2.60. The van der Waals surface area contributed by atoms with Crippen LogP contribution in [0.25, 0.3) is 0 Å². The van der Waals surface area contributed by atoms with E-state index in [1.165, 1.54) is 0 Å². The Balaban J connectivity index is 2.80. The van der Waals surface area contributed by atoms with E-state index in [1.54, 1.807) is 13.2 Å². The number of nitrogen functional groups attached to an aromatic ring is 1. The lowest BCUT2D eigenvalue weighted by molar-refractivity contribution is 0.249. The molecule has 0 fully saturated rings. The average molecular weight is 224 g/mol. The Morgan fingerprint density at radius 2 is 2.12 bits per heavy atom. The molecule has 1 aromatic rings. The summed E-state index contributed by atoms with van der Waals surface area (Å²) < 4.78 is 5.07. The van der Waals surface area contributed by atoms with Gasteiger partial charge in [-0.05, 0) is 18.1 Å². The van der Waals surface area contributed by atoms with Gasteiger partial charge in [0, 0.05) is 6.07 Å². The number of nitrogens with one attached hydrogen (secondary N) is 1. The summed E-state index contributed by atoms with van der Waals surface area (Å²) in [6, 6.07) is 5.47. The summed E-state index contributed by atoms with van der Waals surface area (Å²) in [5, 5.41) is 12.4. The molecule has 1 atom stereocenters. The zero-order valence-electron chi connectivity index (χ0n) is 10.0. The van der Waals surface area contributed by atoms with Crippen LogP contribution in [0.3, 0.4) is 0 Å². The fraction of sp³-hybridized carbons (Fsp3) is 0.500. The summed E-state index contributed by atoms with van der Waals surface area (Å²) in [5.74, 6) is 1.07. The van der Waals surface area contributed by atoms with E-state index < -0.39 is 0 Å². The number of aliphatic hydroxyl groups is 1. The molecule has 0 aliphatic heterocycles. The number of methoxy groups -OCH3 is 1. The predicted octanol–water partition coefficient (Wildman–Crippen LogP) is 1.71. The molecule has 0 spiro atoms. The number of benzene rings is 1. The summed E-state index contributed by atoms with van der Waals surface area (Å²) >= 11 is 0. The molecule has 0 unspecified atom stereocenters. The Labute approximate surface area is 96.4 Å². The average Bonchev–Trinajstić information content (AvgIpc) is 2.26. The fourth-order valence-corrected chi connectivity index (χ4v) is 1.42. The molecule has 4 heteroatoms. The molecular weight excluding hydrogens is 204 g/mol. The molecule has 16 heavy (non-hydrogen) atoms. The van der Waals surface area contributed by atoms with Crippen molar-refractivity contribution in [3.8, 4) is 5.75 Å². The van der Waals surface area contributed by atoms with Crippen LogP contribution < -0.4 is 15.8 Å². The van der Waals surface area contributed by atoms with Crippen LogP contribution in [-0.2, 0) is 0 Å². The molecule has 0 aliphatic rings. The number of hydrogen-bond donors (Lipinski definition) is 3. The van der Waals surface area contributed by atoms with Gasteiger partial charge in [0.15, 0.2) is 0 Å². The first-order valence-electron chi connectivity index (χ1n) is 5.39. The quantitative estimate of drug-likeness (QED) is 0.666. The summed E-state index contributed by atoms with van der Waals surface area (Å²) in [6.07, 6.45) is 0. The molecule has 90 valence electrons. The first-order valence-corrected chi connectivity index (χ1v) is 5.39. The van der Waals surface area contributed by atoms with Crippen molar-refractivity contribution in [3.05, 3.63) is 18.2 Å². The number of anilines is 2. The van der Waals surface area contributed by atoms with Gasteiger partial charge >= 0.3 is 0 Å². The second-order valence-electron chi connectivity index (χ2n) is 4.13. The van der Waals surface area contributed by atoms with Crippen LogP contribution in [0.4, 0.5) is 11.4 Å². The largest absolute Gasteiger partial charge is 0.497 e. The number of nitrogens with two attached hydrogens (primary N) is 1. The van der Waals surface area contributed by atoms with Gasteiger partial charge < -0.3 is 20.9 Å². The van der Waals surface area contributed by atoms with Crippen LogP contribution in [0.5, 0.6) is 5.75 Å².